The number of rotatable bonds is 3. The first-order valence-electron chi connectivity index (χ1n) is 8.97. The summed E-state index contributed by atoms with van der Waals surface area (Å²) in [6, 6.07) is 0. The predicted octanol–water partition coefficient (Wildman–Crippen LogP) is 1.26. The van der Waals surface area contributed by atoms with Crippen LogP contribution in [0.1, 0.15) is 27.2 Å². The standard InChI is InChI=1S/C20H24O7/c1-5-10(2)18(23)25-13-8-20(4)14(22)7-6-12(9-21)16(27-20)17-15(13)11(3)19(24)26-17/h5-7,12-13,15-17,21H,3,8-9H2,1-2,4H3. The molecule has 0 aromatic carbocycles. The average Bonchev–Trinajstić information content (AvgIpc) is 2.78. The Morgan fingerprint density at radius 1 is 1.44 bits per heavy atom. The smallest absolute Gasteiger partial charge is 0.334 e. The summed E-state index contributed by atoms with van der Waals surface area (Å²) in [6.07, 6.45) is 2.28. The van der Waals surface area contributed by atoms with Crippen LogP contribution in [0, 0.1) is 11.8 Å². The van der Waals surface area contributed by atoms with Gasteiger partial charge >= 0.3 is 11.9 Å². The molecular weight excluding hydrogens is 352 g/mol. The summed E-state index contributed by atoms with van der Waals surface area (Å²) in [4.78, 5) is 37.2. The monoisotopic (exact) mass is 376 g/mol. The highest BCUT2D eigenvalue weighted by atomic mass is 16.6. The number of hydrogen-bond acceptors (Lipinski definition) is 7. The fourth-order valence-electron chi connectivity index (χ4n) is 3.86. The van der Waals surface area contributed by atoms with E-state index in [1.807, 2.05) is 0 Å². The Balaban J connectivity index is 2.06. The summed E-state index contributed by atoms with van der Waals surface area (Å²) in [5, 5.41) is 9.76. The van der Waals surface area contributed by atoms with E-state index in [0.717, 1.165) is 0 Å². The highest BCUT2D eigenvalue weighted by Gasteiger charge is 2.58. The van der Waals surface area contributed by atoms with E-state index in [9.17, 15) is 19.5 Å². The maximum Gasteiger partial charge on any atom is 0.334 e. The third-order valence-electron chi connectivity index (χ3n) is 5.64. The molecule has 0 saturated carbocycles. The quantitative estimate of drug-likeness (QED) is 0.585. The van der Waals surface area contributed by atoms with Crippen LogP contribution in [-0.4, -0.2) is 53.3 Å². The summed E-state index contributed by atoms with van der Waals surface area (Å²) >= 11 is 0. The molecular formula is C20H24O7. The van der Waals surface area contributed by atoms with E-state index >= 15 is 0 Å². The second kappa shape index (κ2) is 7.05. The first-order valence-corrected chi connectivity index (χ1v) is 8.97. The zero-order valence-electron chi connectivity index (χ0n) is 15.6. The van der Waals surface area contributed by atoms with Crippen molar-refractivity contribution in [2.75, 3.05) is 6.61 Å². The van der Waals surface area contributed by atoms with Crippen LogP contribution < -0.4 is 0 Å². The Kier molecular flexibility index (Phi) is 5.10. The number of esters is 2. The molecule has 7 heteroatoms. The molecule has 0 aromatic rings. The summed E-state index contributed by atoms with van der Waals surface area (Å²) in [7, 11) is 0. The number of ketones is 1. The van der Waals surface area contributed by atoms with Gasteiger partial charge in [0.2, 0.25) is 0 Å². The van der Waals surface area contributed by atoms with Gasteiger partial charge in [0.25, 0.3) is 0 Å². The highest BCUT2D eigenvalue weighted by molar-refractivity contribution is 5.97. The van der Waals surface area contributed by atoms with Gasteiger partial charge in [0.1, 0.15) is 23.9 Å². The molecule has 6 unspecified atom stereocenters. The molecule has 3 aliphatic rings. The van der Waals surface area contributed by atoms with E-state index in [4.69, 9.17) is 14.2 Å². The van der Waals surface area contributed by atoms with Gasteiger partial charge in [-0.15, -0.1) is 0 Å². The summed E-state index contributed by atoms with van der Waals surface area (Å²) in [6.45, 7) is 8.50. The molecule has 2 bridgehead atoms. The van der Waals surface area contributed by atoms with Crippen LogP contribution in [-0.2, 0) is 28.6 Å². The highest BCUT2D eigenvalue weighted by Crippen LogP contribution is 2.45. The third kappa shape index (κ3) is 3.26. The molecule has 2 saturated heterocycles. The van der Waals surface area contributed by atoms with Gasteiger partial charge in [0.05, 0.1) is 12.5 Å². The maximum atomic E-state index is 12.7. The van der Waals surface area contributed by atoms with Gasteiger partial charge in [0.15, 0.2) is 5.78 Å². The molecule has 0 radical (unpaired) electrons. The number of carbonyl (C=O) groups excluding carboxylic acids is 3. The van der Waals surface area contributed by atoms with Crippen molar-refractivity contribution < 1.29 is 33.7 Å². The third-order valence-corrected chi connectivity index (χ3v) is 5.64. The molecule has 0 aliphatic carbocycles. The van der Waals surface area contributed by atoms with E-state index in [0.29, 0.717) is 5.57 Å². The van der Waals surface area contributed by atoms with Gasteiger partial charge in [-0.1, -0.05) is 18.7 Å². The zero-order valence-corrected chi connectivity index (χ0v) is 15.6. The van der Waals surface area contributed by atoms with Crippen LogP contribution in [0.4, 0.5) is 0 Å². The molecule has 3 rings (SSSR count). The van der Waals surface area contributed by atoms with E-state index < -0.39 is 47.7 Å². The maximum absolute atomic E-state index is 12.7. The van der Waals surface area contributed by atoms with Crippen LogP contribution in [0.5, 0.6) is 0 Å². The van der Waals surface area contributed by atoms with Gasteiger partial charge in [-0.05, 0) is 26.8 Å². The molecule has 0 amide bonds. The van der Waals surface area contributed by atoms with E-state index in [2.05, 4.69) is 6.58 Å². The van der Waals surface area contributed by atoms with Gasteiger partial charge in [0, 0.05) is 23.5 Å². The number of aliphatic hydroxyl groups excluding tert-OH is 1. The molecule has 27 heavy (non-hydrogen) atoms. The number of allylic oxidation sites excluding steroid dienone is 1. The molecule has 3 aliphatic heterocycles. The lowest BCUT2D eigenvalue weighted by atomic mass is 9.81. The largest absolute Gasteiger partial charge is 0.458 e. The van der Waals surface area contributed by atoms with Crippen LogP contribution in [0.3, 0.4) is 0 Å². The molecule has 1 N–H and O–H groups in total. The lowest BCUT2D eigenvalue weighted by Crippen LogP contribution is -2.44. The Labute approximate surface area is 157 Å². The number of fused-ring (bicyclic) bond motifs is 4. The minimum atomic E-state index is -1.27. The van der Waals surface area contributed by atoms with Crippen molar-refractivity contribution in [3.63, 3.8) is 0 Å². The van der Waals surface area contributed by atoms with Crippen molar-refractivity contribution in [2.24, 2.45) is 11.8 Å². The molecule has 146 valence electrons. The minimum Gasteiger partial charge on any atom is -0.458 e. The van der Waals surface area contributed by atoms with Gasteiger partial charge in [-0.25, -0.2) is 9.59 Å². The van der Waals surface area contributed by atoms with Crippen molar-refractivity contribution in [3.05, 3.63) is 36.0 Å². The number of carbonyl (C=O) groups is 3. The van der Waals surface area contributed by atoms with Crippen LogP contribution in [0.15, 0.2) is 36.0 Å². The number of hydrogen-bond donors (Lipinski definition) is 1. The summed E-state index contributed by atoms with van der Waals surface area (Å²) in [5.41, 5.74) is -0.670. The average molecular weight is 376 g/mol. The molecule has 0 spiro atoms. The first-order chi connectivity index (χ1) is 12.7. The van der Waals surface area contributed by atoms with E-state index in [1.165, 1.54) is 6.08 Å². The lowest BCUT2D eigenvalue weighted by molar-refractivity contribution is -0.168. The van der Waals surface area contributed by atoms with Crippen LogP contribution in [0.2, 0.25) is 0 Å². The molecule has 2 fully saturated rings. The summed E-state index contributed by atoms with van der Waals surface area (Å²) in [5.74, 6) is -2.59. The first kappa shape index (κ1) is 19.5. The lowest BCUT2D eigenvalue weighted by Gasteiger charge is -2.32. The van der Waals surface area contributed by atoms with Crippen LogP contribution >= 0.6 is 0 Å². The molecule has 6 atom stereocenters. The van der Waals surface area contributed by atoms with Crippen LogP contribution in [0.25, 0.3) is 0 Å². The Hall–Kier alpha value is -2.25. The normalized spacial score (nSPS) is 38.7. The van der Waals surface area contributed by atoms with Gasteiger partial charge < -0.3 is 19.3 Å². The van der Waals surface area contributed by atoms with Crippen molar-refractivity contribution in [1.82, 2.24) is 0 Å². The zero-order chi connectivity index (χ0) is 19.9. The second-order valence-corrected chi connectivity index (χ2v) is 7.42. The van der Waals surface area contributed by atoms with Crippen molar-refractivity contribution in [3.8, 4) is 0 Å². The summed E-state index contributed by atoms with van der Waals surface area (Å²) < 4.78 is 17.2. The van der Waals surface area contributed by atoms with E-state index in [1.54, 1.807) is 32.9 Å². The van der Waals surface area contributed by atoms with E-state index in [-0.39, 0.29) is 24.4 Å². The van der Waals surface area contributed by atoms with Crippen molar-refractivity contribution >= 4 is 17.7 Å². The van der Waals surface area contributed by atoms with Crippen molar-refractivity contribution in [1.29, 1.82) is 0 Å². The Morgan fingerprint density at radius 2 is 2.15 bits per heavy atom. The topological polar surface area (TPSA) is 99.1 Å². The predicted molar refractivity (Wildman–Crippen MR) is 94.4 cm³/mol. The number of ether oxygens (including phenoxy) is 3. The molecule has 0 aromatic heterocycles. The fourth-order valence-corrected chi connectivity index (χ4v) is 3.86. The number of aliphatic hydroxyl groups is 1. The minimum absolute atomic E-state index is 0.0599. The fraction of sp³-hybridized carbons (Fsp3) is 0.550. The second-order valence-electron chi connectivity index (χ2n) is 7.42. The Morgan fingerprint density at radius 3 is 2.78 bits per heavy atom. The van der Waals surface area contributed by atoms with Gasteiger partial charge in [-0.2, -0.15) is 0 Å². The van der Waals surface area contributed by atoms with Gasteiger partial charge in [-0.3, -0.25) is 4.79 Å². The molecule has 7 nitrogen and oxygen atoms in total. The van der Waals surface area contributed by atoms with Crippen molar-refractivity contribution in [2.45, 2.75) is 51.1 Å². The molecule has 3 heterocycles. The SMILES string of the molecule is C=C1C(=O)OC2C3OC(C)(CC(OC(=O)C(C)=CC)C12)C(=O)C=CC3CO. The Bertz CT molecular complexity index is 749.